The first-order valence-electron chi connectivity index (χ1n) is 39.4. The van der Waals surface area contributed by atoms with E-state index in [1.54, 1.807) is 12.1 Å². The SMILES string of the molecule is CC1(C(F)(F)F)C(=O)N(c2ccc(Cl)cc2)C(=O)N1c1ccc(Cl)cc1.[C-]#[N+]c1cccc(Br)c1.[C-]#[N+]c1cccc(C2(O)N(c3ccc(Cl)cc3)C(=O)N(c3ccc(Cl)cc3)C2(C)C(F)(F)F)c1.[C-]#[N+]c1cccc(C2(O)N(c3ccc(Cl)cc3)C(=O)N(c3ccc(Cl)cc3)[C@@]2(C)C(F)(F)F)c1.[C-]#[N+]c1cccc(C2(O)N(c3ccc(Cl)cc3)C(=O)N(c3ccc(Cl)cc3)[C@]2(C)C(F)(F)F)c1. The maximum atomic E-state index is 15.0. The zero-order chi connectivity index (χ0) is 101. The summed E-state index contributed by atoms with van der Waals surface area (Å²) in [6.07, 6.45) is -20.4. The van der Waals surface area contributed by atoms with Crippen molar-refractivity contribution in [2.45, 2.75) is 91.7 Å². The number of anilines is 8. The molecule has 12 aromatic carbocycles. The topological polar surface area (TPSA) is 189 Å². The molecule has 0 spiro atoms. The highest BCUT2D eigenvalue weighted by atomic mass is 79.9. The van der Waals surface area contributed by atoms with Gasteiger partial charge in [0.25, 0.3) is 5.91 Å². The van der Waals surface area contributed by atoms with E-state index >= 15 is 0 Å². The maximum absolute atomic E-state index is 15.0. The minimum atomic E-state index is -5.12. The highest BCUT2D eigenvalue weighted by molar-refractivity contribution is 9.10. The molecule has 5 unspecified atom stereocenters. The number of imide groups is 1. The van der Waals surface area contributed by atoms with Crippen molar-refractivity contribution in [2.24, 2.45) is 0 Å². The molecule has 0 radical (unpaired) electrons. The molecule has 20 nitrogen and oxygen atoms in total. The van der Waals surface area contributed by atoms with Crippen LogP contribution >= 0.6 is 109 Å². The molecular formula is C96H63BrCl8F12N12O8. The van der Waals surface area contributed by atoms with E-state index < -0.39 is 94.1 Å². The van der Waals surface area contributed by atoms with Crippen LogP contribution in [-0.4, -0.2) is 92.2 Å². The highest BCUT2D eigenvalue weighted by Gasteiger charge is 2.80. The predicted molar refractivity (Wildman–Crippen MR) is 506 cm³/mol. The van der Waals surface area contributed by atoms with Crippen molar-refractivity contribution in [1.82, 2.24) is 0 Å². The van der Waals surface area contributed by atoms with Crippen LogP contribution in [0.15, 0.2) is 296 Å². The van der Waals surface area contributed by atoms with Crippen molar-refractivity contribution in [2.75, 3.05) is 39.2 Å². The lowest BCUT2D eigenvalue weighted by Gasteiger charge is -2.45. The van der Waals surface area contributed by atoms with E-state index in [4.69, 9.17) is 119 Å². The lowest BCUT2D eigenvalue weighted by Crippen LogP contribution is -2.66. The van der Waals surface area contributed by atoms with Crippen molar-refractivity contribution < 1.29 is 92.0 Å². The molecule has 4 heterocycles. The van der Waals surface area contributed by atoms with Crippen LogP contribution in [0.2, 0.25) is 40.2 Å². The summed E-state index contributed by atoms with van der Waals surface area (Å²) in [6.45, 7) is 31.4. The molecule has 0 bridgehead atoms. The van der Waals surface area contributed by atoms with Crippen molar-refractivity contribution in [3.63, 3.8) is 0 Å². The smallest absolute Gasteiger partial charge is 0.364 e. The van der Waals surface area contributed by atoms with E-state index in [-0.39, 0.29) is 99.3 Å². The second-order valence-electron chi connectivity index (χ2n) is 30.8. The summed E-state index contributed by atoms with van der Waals surface area (Å²) in [5, 5.41) is 38.5. The third kappa shape index (κ3) is 18.6. The quantitative estimate of drug-likeness (QED) is 0.0648. The Morgan fingerprint density at radius 1 is 0.270 bits per heavy atom. The number of nitrogens with zero attached hydrogens (tertiary/aromatic N) is 12. The predicted octanol–water partition coefficient (Wildman–Crippen LogP) is 29.8. The molecule has 9 amide bonds. The summed E-state index contributed by atoms with van der Waals surface area (Å²) < 4.78 is 177. The summed E-state index contributed by atoms with van der Waals surface area (Å²) in [5.41, 5.74) is -22.1. The van der Waals surface area contributed by atoms with Gasteiger partial charge in [0.2, 0.25) is 22.7 Å². The van der Waals surface area contributed by atoms with E-state index in [0.717, 1.165) is 43.4 Å². The molecule has 4 aliphatic rings. The van der Waals surface area contributed by atoms with Crippen LogP contribution in [0.5, 0.6) is 0 Å². The highest BCUT2D eigenvalue weighted by Crippen LogP contribution is 2.62. The Morgan fingerprint density at radius 2 is 0.467 bits per heavy atom. The first kappa shape index (κ1) is 103. The van der Waals surface area contributed by atoms with Gasteiger partial charge in [-0.15, -0.1) is 0 Å². The van der Waals surface area contributed by atoms with Gasteiger partial charge >= 0.3 is 48.8 Å². The molecule has 137 heavy (non-hydrogen) atoms. The van der Waals surface area contributed by atoms with E-state index in [9.17, 15) is 92.0 Å². The van der Waals surface area contributed by atoms with Crippen LogP contribution in [0, 0.1) is 26.3 Å². The van der Waals surface area contributed by atoms with Crippen LogP contribution in [-0.2, 0) is 22.0 Å². The zero-order valence-electron chi connectivity index (χ0n) is 70.4. The fourth-order valence-corrected chi connectivity index (χ4v) is 17.2. The fourth-order valence-electron chi connectivity index (χ4n) is 15.8. The van der Waals surface area contributed by atoms with Crippen molar-refractivity contribution in [3.05, 3.63) is 398 Å². The number of alkyl halides is 12. The Morgan fingerprint density at radius 3 is 0.664 bits per heavy atom. The Balaban J connectivity index is 0.000000159. The minimum Gasteiger partial charge on any atom is -0.364 e. The first-order chi connectivity index (χ1) is 64.2. The van der Waals surface area contributed by atoms with Gasteiger partial charge in [-0.1, -0.05) is 182 Å². The van der Waals surface area contributed by atoms with E-state index in [2.05, 4.69) is 35.3 Å². The number of hydrogen-bond acceptors (Lipinski definition) is 8. The van der Waals surface area contributed by atoms with Crippen LogP contribution < -0.4 is 39.2 Å². The number of carbonyl (C=O) groups is 5. The Labute approximate surface area is 822 Å². The number of urea groups is 4. The maximum Gasteiger partial charge on any atom is 0.421 e. The largest absolute Gasteiger partial charge is 0.421 e. The molecule has 0 saturated carbocycles. The molecule has 41 heteroatoms. The van der Waals surface area contributed by atoms with Gasteiger partial charge < -0.3 is 15.3 Å². The summed E-state index contributed by atoms with van der Waals surface area (Å²) >= 11 is 50.4. The third-order valence-electron chi connectivity index (χ3n) is 22.9. The van der Waals surface area contributed by atoms with Gasteiger partial charge in [-0.3, -0.25) is 39.1 Å². The van der Waals surface area contributed by atoms with Crippen LogP contribution in [0.3, 0.4) is 0 Å². The second-order valence-corrected chi connectivity index (χ2v) is 35.2. The molecule has 4 aliphatic heterocycles. The molecule has 4 fully saturated rings. The molecule has 12 aromatic rings. The van der Waals surface area contributed by atoms with Crippen LogP contribution in [0.4, 0.5) is 140 Å². The number of hydrogen-bond donors (Lipinski definition) is 3. The molecule has 4 saturated heterocycles. The Kier molecular flexibility index (Phi) is 29.6. The standard InChI is InChI=1S/3C24H16Cl2F3N3O2.C17H11Cl2F3N2O2.C7H4BrN/c3*1-22(24(27,28)29)23(34,15-4-3-5-18(14-15)30-2)32(20-12-8-17(26)9-13-20)21(33)31(22)19-10-6-16(25)7-11-19;1-16(17(20,21)22)14(25)23(12-6-2-10(18)3-7-12)15(26)24(16)13-8-4-11(19)5-9-13;1-9-7-4-2-3-6(8)5-7/h3*3-14,34H,1H3;2-9H,1H3;2-5H/t2*22-,23?;;;/m10.../s1. The van der Waals surface area contributed by atoms with E-state index in [1.165, 1.54) is 249 Å². The number of halogens is 21. The molecule has 702 valence electrons. The van der Waals surface area contributed by atoms with Crippen LogP contribution in [0.25, 0.3) is 19.4 Å². The number of aliphatic hydroxyl groups is 3. The van der Waals surface area contributed by atoms with Gasteiger partial charge in [0.1, 0.15) is 0 Å². The summed E-state index contributed by atoms with van der Waals surface area (Å²) in [4.78, 5) is 84.3. The Hall–Kier alpha value is -12.8. The summed E-state index contributed by atoms with van der Waals surface area (Å²) in [5.74, 6) is -1.40. The average Bonchev–Trinajstić information content (AvgIpc) is 1.53. The summed E-state index contributed by atoms with van der Waals surface area (Å²) in [7, 11) is 0. The van der Waals surface area contributed by atoms with Gasteiger partial charge in [-0.05, 0) is 263 Å². The number of amides is 9. The van der Waals surface area contributed by atoms with Gasteiger partial charge in [0, 0.05) is 84.5 Å². The molecule has 3 N–H and O–H groups in total. The lowest BCUT2D eigenvalue weighted by atomic mass is 9.81. The molecule has 0 aliphatic carbocycles. The van der Waals surface area contributed by atoms with Crippen molar-refractivity contribution >= 4 is 207 Å². The molecule has 7 atom stereocenters. The monoisotopic (exact) mass is 2100 g/mol. The average molecular weight is 2100 g/mol. The second kappa shape index (κ2) is 39.4. The molecular weight excluding hydrogens is 2040 g/mol. The Bertz CT molecular complexity index is 6310. The van der Waals surface area contributed by atoms with E-state index in [0.29, 0.717) is 71.9 Å². The first-order valence-corrected chi connectivity index (χ1v) is 43.2. The number of carbonyl (C=O) groups excluding carboxylic acids is 5. The van der Waals surface area contributed by atoms with Gasteiger partial charge in [0.15, 0.2) is 39.4 Å². The zero-order valence-corrected chi connectivity index (χ0v) is 78.0. The van der Waals surface area contributed by atoms with Crippen molar-refractivity contribution in [3.8, 4) is 0 Å². The van der Waals surface area contributed by atoms with Crippen molar-refractivity contribution in [1.29, 1.82) is 0 Å². The number of rotatable bonds is 11. The van der Waals surface area contributed by atoms with Gasteiger partial charge in [0.05, 0.1) is 32.0 Å². The summed E-state index contributed by atoms with van der Waals surface area (Å²) in [6, 6.07) is 60.9. The fraction of sp³-hybridized carbons (Fsp3) is 0.156. The van der Waals surface area contributed by atoms with Crippen LogP contribution in [0.1, 0.15) is 44.4 Å². The normalized spacial score (nSPS) is 21.4. The van der Waals surface area contributed by atoms with Gasteiger partial charge in [-0.25, -0.2) is 43.5 Å². The number of benzene rings is 12. The van der Waals surface area contributed by atoms with Gasteiger partial charge in [-0.2, -0.15) is 52.7 Å². The molecule has 0 aromatic heterocycles. The minimum absolute atomic E-state index is 0.00339. The third-order valence-corrected chi connectivity index (χ3v) is 25.4. The molecule has 16 rings (SSSR count). The lowest BCUT2D eigenvalue weighted by molar-refractivity contribution is -0.227. The van der Waals surface area contributed by atoms with E-state index in [1.807, 2.05) is 12.1 Å².